The zero-order valence-electron chi connectivity index (χ0n) is 15.2. The van der Waals surface area contributed by atoms with Gasteiger partial charge in [-0.25, -0.2) is 13.4 Å². The highest BCUT2D eigenvalue weighted by Crippen LogP contribution is 2.27. The van der Waals surface area contributed by atoms with Gasteiger partial charge in [0.1, 0.15) is 0 Å². The van der Waals surface area contributed by atoms with E-state index in [1.807, 2.05) is 35.7 Å². The monoisotopic (exact) mass is 412 g/mol. The topological polar surface area (TPSA) is 74.7 Å². The molecule has 2 aromatic carbocycles. The van der Waals surface area contributed by atoms with Crippen molar-refractivity contribution in [3.05, 3.63) is 65.5 Å². The Labute approximate surface area is 168 Å². The van der Waals surface area contributed by atoms with E-state index in [1.165, 1.54) is 11.3 Å². The van der Waals surface area contributed by atoms with Crippen LogP contribution in [0.4, 0.5) is 5.13 Å². The number of rotatable bonds is 6. The minimum atomic E-state index is -3.39. The fourth-order valence-corrected chi connectivity index (χ4v) is 5.22. The Hall–Kier alpha value is -2.55. The summed E-state index contributed by atoms with van der Waals surface area (Å²) in [5.74, 6) is 0. The number of sulfonamides is 1. The number of nitrogens with zero attached hydrogens (tertiary/aromatic N) is 3. The largest absolute Gasteiger partial charge is 0.253 e. The number of benzene rings is 2. The van der Waals surface area contributed by atoms with Crippen molar-refractivity contribution in [3.8, 4) is 11.3 Å². The fourth-order valence-electron chi connectivity index (χ4n) is 3.03. The van der Waals surface area contributed by atoms with Crippen molar-refractivity contribution in [1.82, 2.24) is 9.29 Å². The standard InChI is InChI=1S/C20H20N4O2S2/c25-28(26,24-12-4-5-13-24)18-10-8-17(9-11-18)19-15-27-20(22-19)23-21-14-16-6-2-1-3-7-16/h1-3,6-11,14-15H,4-5,12-13H2,(H,22,23)/b21-14-. The molecule has 0 amide bonds. The van der Waals surface area contributed by atoms with Crippen LogP contribution in [0.25, 0.3) is 11.3 Å². The Morgan fingerprint density at radius 1 is 1.04 bits per heavy atom. The van der Waals surface area contributed by atoms with E-state index in [2.05, 4.69) is 15.5 Å². The summed E-state index contributed by atoms with van der Waals surface area (Å²) < 4.78 is 26.8. The number of hydrogen-bond acceptors (Lipinski definition) is 6. The third kappa shape index (κ3) is 4.14. The van der Waals surface area contributed by atoms with Crippen LogP contribution in [0.5, 0.6) is 0 Å². The van der Waals surface area contributed by atoms with Crippen LogP contribution in [0.2, 0.25) is 0 Å². The number of hydrogen-bond donors (Lipinski definition) is 1. The highest BCUT2D eigenvalue weighted by molar-refractivity contribution is 7.89. The maximum Gasteiger partial charge on any atom is 0.243 e. The van der Waals surface area contributed by atoms with E-state index >= 15 is 0 Å². The Balaban J connectivity index is 1.44. The van der Waals surface area contributed by atoms with Crippen molar-refractivity contribution in [2.24, 2.45) is 5.10 Å². The Kier molecular flexibility index (Phi) is 5.52. The average Bonchev–Trinajstić information content (AvgIpc) is 3.42. The van der Waals surface area contributed by atoms with E-state index in [0.717, 1.165) is 29.7 Å². The van der Waals surface area contributed by atoms with Crippen LogP contribution in [0.3, 0.4) is 0 Å². The predicted octanol–water partition coefficient (Wildman–Crippen LogP) is 4.04. The van der Waals surface area contributed by atoms with Crippen molar-refractivity contribution in [1.29, 1.82) is 0 Å². The molecule has 0 bridgehead atoms. The molecule has 1 aliphatic heterocycles. The molecule has 1 aromatic heterocycles. The quantitative estimate of drug-likeness (QED) is 0.490. The van der Waals surface area contributed by atoms with Gasteiger partial charge in [-0.1, -0.05) is 42.5 Å². The van der Waals surface area contributed by atoms with Gasteiger partial charge in [0, 0.05) is 24.0 Å². The van der Waals surface area contributed by atoms with E-state index in [0.29, 0.717) is 23.1 Å². The highest BCUT2D eigenvalue weighted by Gasteiger charge is 2.26. The number of nitrogens with one attached hydrogen (secondary N) is 1. The Morgan fingerprint density at radius 2 is 1.75 bits per heavy atom. The lowest BCUT2D eigenvalue weighted by Crippen LogP contribution is -2.27. The van der Waals surface area contributed by atoms with Crippen LogP contribution in [-0.2, 0) is 10.0 Å². The first-order valence-corrected chi connectivity index (χ1v) is 11.4. The van der Waals surface area contributed by atoms with Gasteiger partial charge < -0.3 is 0 Å². The molecule has 0 aliphatic carbocycles. The number of thiazole rings is 1. The van der Waals surface area contributed by atoms with Gasteiger partial charge >= 0.3 is 0 Å². The van der Waals surface area contributed by atoms with Gasteiger partial charge in [0.15, 0.2) is 0 Å². The molecular formula is C20H20N4O2S2. The predicted molar refractivity (Wildman–Crippen MR) is 113 cm³/mol. The maximum absolute atomic E-state index is 12.6. The molecule has 1 aliphatic rings. The molecule has 0 unspecified atom stereocenters. The van der Waals surface area contributed by atoms with Gasteiger partial charge in [-0.15, -0.1) is 11.3 Å². The summed E-state index contributed by atoms with van der Waals surface area (Å²) in [6.07, 6.45) is 3.59. The molecule has 0 atom stereocenters. The second-order valence-electron chi connectivity index (χ2n) is 6.45. The number of hydrazone groups is 1. The second kappa shape index (κ2) is 8.22. The molecule has 4 rings (SSSR count). The van der Waals surface area contributed by atoms with Crippen LogP contribution < -0.4 is 5.43 Å². The number of anilines is 1. The van der Waals surface area contributed by atoms with Gasteiger partial charge in [-0.05, 0) is 30.5 Å². The van der Waals surface area contributed by atoms with Crippen LogP contribution in [0, 0.1) is 0 Å². The van der Waals surface area contributed by atoms with Gasteiger partial charge in [0.05, 0.1) is 16.8 Å². The van der Waals surface area contributed by atoms with Crippen molar-refractivity contribution in [3.63, 3.8) is 0 Å². The summed E-state index contributed by atoms with van der Waals surface area (Å²) in [6, 6.07) is 16.7. The highest BCUT2D eigenvalue weighted by atomic mass is 32.2. The molecule has 8 heteroatoms. The molecule has 6 nitrogen and oxygen atoms in total. The third-order valence-corrected chi connectivity index (χ3v) is 7.19. The van der Waals surface area contributed by atoms with Crippen LogP contribution in [0.1, 0.15) is 18.4 Å². The van der Waals surface area contributed by atoms with Gasteiger partial charge in [-0.2, -0.15) is 9.41 Å². The van der Waals surface area contributed by atoms with E-state index in [1.54, 1.807) is 34.8 Å². The lowest BCUT2D eigenvalue weighted by atomic mass is 10.2. The maximum atomic E-state index is 12.6. The summed E-state index contributed by atoms with van der Waals surface area (Å²) in [4.78, 5) is 4.85. The first-order valence-electron chi connectivity index (χ1n) is 9.03. The second-order valence-corrected chi connectivity index (χ2v) is 9.25. The van der Waals surface area contributed by atoms with Crippen molar-refractivity contribution < 1.29 is 8.42 Å². The molecule has 2 heterocycles. The van der Waals surface area contributed by atoms with E-state index in [4.69, 9.17) is 0 Å². The molecule has 1 N–H and O–H groups in total. The van der Waals surface area contributed by atoms with E-state index in [9.17, 15) is 8.42 Å². The van der Waals surface area contributed by atoms with Crippen LogP contribution in [-0.4, -0.2) is 37.0 Å². The third-order valence-electron chi connectivity index (χ3n) is 4.53. The summed E-state index contributed by atoms with van der Waals surface area (Å²) in [5.41, 5.74) is 5.59. The first-order chi connectivity index (χ1) is 13.6. The normalized spacial score (nSPS) is 15.3. The van der Waals surface area contributed by atoms with Crippen molar-refractivity contribution in [2.45, 2.75) is 17.7 Å². The molecule has 1 saturated heterocycles. The molecule has 28 heavy (non-hydrogen) atoms. The van der Waals surface area contributed by atoms with Gasteiger partial charge in [0.2, 0.25) is 15.2 Å². The van der Waals surface area contributed by atoms with E-state index in [-0.39, 0.29) is 0 Å². The molecule has 3 aromatic rings. The summed E-state index contributed by atoms with van der Waals surface area (Å²) in [7, 11) is -3.39. The smallest absolute Gasteiger partial charge is 0.243 e. The van der Waals surface area contributed by atoms with Crippen LogP contribution in [0.15, 0.2) is 70.0 Å². The molecule has 0 saturated carbocycles. The van der Waals surface area contributed by atoms with Gasteiger partial charge in [-0.3, -0.25) is 5.43 Å². The molecular weight excluding hydrogens is 392 g/mol. The van der Waals surface area contributed by atoms with Crippen molar-refractivity contribution >= 4 is 32.7 Å². The average molecular weight is 413 g/mol. The SMILES string of the molecule is O=S(=O)(c1ccc(-c2csc(N/N=C\c3ccccc3)n2)cc1)N1CCCC1. The first kappa shape index (κ1) is 18.8. The van der Waals surface area contributed by atoms with E-state index < -0.39 is 10.0 Å². The zero-order chi connectivity index (χ0) is 19.4. The van der Waals surface area contributed by atoms with Crippen LogP contribution >= 0.6 is 11.3 Å². The Bertz CT molecular complexity index is 1060. The zero-order valence-corrected chi connectivity index (χ0v) is 16.8. The lowest BCUT2D eigenvalue weighted by Gasteiger charge is -2.15. The van der Waals surface area contributed by atoms with Crippen molar-refractivity contribution in [2.75, 3.05) is 18.5 Å². The fraction of sp³-hybridized carbons (Fsp3) is 0.200. The molecule has 0 radical (unpaired) electrons. The summed E-state index contributed by atoms with van der Waals surface area (Å²) >= 11 is 1.45. The minimum Gasteiger partial charge on any atom is -0.253 e. The molecule has 1 fully saturated rings. The molecule has 144 valence electrons. The summed E-state index contributed by atoms with van der Waals surface area (Å²) in [5, 5.41) is 6.80. The summed E-state index contributed by atoms with van der Waals surface area (Å²) in [6.45, 7) is 1.21. The molecule has 0 spiro atoms. The lowest BCUT2D eigenvalue weighted by molar-refractivity contribution is 0.477. The number of aromatic nitrogens is 1. The minimum absolute atomic E-state index is 0.333. The Morgan fingerprint density at radius 3 is 2.46 bits per heavy atom. The van der Waals surface area contributed by atoms with Gasteiger partial charge in [0.25, 0.3) is 0 Å².